The number of nitrogens with zero attached hydrogens (tertiary/aromatic N) is 3. The molecule has 0 saturated carbocycles. The zero-order valence-corrected chi connectivity index (χ0v) is 16.6. The van der Waals surface area contributed by atoms with Gasteiger partial charge in [-0.15, -0.1) is 0 Å². The van der Waals surface area contributed by atoms with E-state index in [1.807, 2.05) is 35.0 Å². The number of carbonyl (C=O) groups excluding carboxylic acids is 3. The third-order valence-corrected chi connectivity index (χ3v) is 5.95. The van der Waals surface area contributed by atoms with Gasteiger partial charge in [-0.1, -0.05) is 11.6 Å². The highest BCUT2D eigenvalue weighted by Gasteiger charge is 2.37. The van der Waals surface area contributed by atoms with Crippen molar-refractivity contribution in [3.63, 3.8) is 0 Å². The second-order valence-corrected chi connectivity index (χ2v) is 8.06. The van der Waals surface area contributed by atoms with Crippen LogP contribution in [0.15, 0.2) is 47.5 Å². The molecular formula is C20H18ClN3O3S. The van der Waals surface area contributed by atoms with Gasteiger partial charge in [0, 0.05) is 35.7 Å². The highest BCUT2D eigenvalue weighted by Crippen LogP contribution is 2.32. The van der Waals surface area contributed by atoms with Crippen molar-refractivity contribution in [1.82, 2.24) is 14.4 Å². The zero-order valence-electron chi connectivity index (χ0n) is 15.0. The smallest absolute Gasteiger partial charge is 0.294 e. The lowest BCUT2D eigenvalue weighted by Gasteiger charge is -2.18. The Morgan fingerprint density at radius 2 is 1.82 bits per heavy atom. The summed E-state index contributed by atoms with van der Waals surface area (Å²) in [5, 5.41) is 0.231. The minimum absolute atomic E-state index is 0.175. The Hall–Kier alpha value is -2.51. The van der Waals surface area contributed by atoms with Crippen LogP contribution >= 0.6 is 23.4 Å². The van der Waals surface area contributed by atoms with Gasteiger partial charge in [-0.3, -0.25) is 19.3 Å². The summed E-state index contributed by atoms with van der Waals surface area (Å²) in [6.07, 6.45) is 5.49. The van der Waals surface area contributed by atoms with Crippen LogP contribution < -0.4 is 0 Å². The van der Waals surface area contributed by atoms with Crippen molar-refractivity contribution in [3.05, 3.63) is 58.2 Å². The number of rotatable bonds is 4. The quantitative estimate of drug-likeness (QED) is 0.713. The van der Waals surface area contributed by atoms with Crippen molar-refractivity contribution < 1.29 is 14.4 Å². The molecule has 4 rings (SSSR count). The standard InChI is InChI=1S/C20H18ClN3O3S/c21-14-5-7-15(8-6-14)23-11-3-4-16(23)12-17-19(26)24(20(27)28-17)13-18(25)22-9-1-2-10-22/h3-8,11-12H,1-2,9-10,13H2/b17-12+. The van der Waals surface area contributed by atoms with Crippen molar-refractivity contribution in [1.29, 1.82) is 0 Å². The van der Waals surface area contributed by atoms with Crippen LogP contribution in [-0.2, 0) is 9.59 Å². The largest absolute Gasteiger partial charge is 0.341 e. The Morgan fingerprint density at radius 3 is 2.54 bits per heavy atom. The number of imide groups is 1. The van der Waals surface area contributed by atoms with E-state index in [0.717, 1.165) is 40.9 Å². The lowest BCUT2D eigenvalue weighted by atomic mass is 10.3. The van der Waals surface area contributed by atoms with Crippen molar-refractivity contribution in [2.45, 2.75) is 12.8 Å². The van der Waals surface area contributed by atoms with Gasteiger partial charge in [-0.05, 0) is 67.1 Å². The third-order valence-electron chi connectivity index (χ3n) is 4.79. The monoisotopic (exact) mass is 415 g/mol. The highest BCUT2D eigenvalue weighted by molar-refractivity contribution is 8.18. The van der Waals surface area contributed by atoms with Gasteiger partial charge in [0.25, 0.3) is 11.1 Å². The normalized spacial score (nSPS) is 18.5. The van der Waals surface area contributed by atoms with E-state index < -0.39 is 11.1 Å². The molecule has 0 unspecified atom stereocenters. The molecule has 0 radical (unpaired) electrons. The zero-order chi connectivity index (χ0) is 19.7. The van der Waals surface area contributed by atoms with Gasteiger partial charge in [-0.25, -0.2) is 0 Å². The van der Waals surface area contributed by atoms with Crippen molar-refractivity contribution >= 4 is 46.5 Å². The molecule has 144 valence electrons. The van der Waals surface area contributed by atoms with Crippen LogP contribution in [0.2, 0.25) is 5.02 Å². The predicted molar refractivity (Wildman–Crippen MR) is 109 cm³/mol. The van der Waals surface area contributed by atoms with Crippen LogP contribution in [-0.4, -0.2) is 51.1 Å². The SMILES string of the molecule is O=C(CN1C(=O)S/C(=C/c2cccn2-c2ccc(Cl)cc2)C1=O)N1CCCC1. The molecule has 2 fully saturated rings. The van der Waals surface area contributed by atoms with E-state index in [1.54, 1.807) is 23.1 Å². The number of halogens is 1. The summed E-state index contributed by atoms with van der Waals surface area (Å²) < 4.78 is 1.90. The molecule has 2 aliphatic rings. The van der Waals surface area contributed by atoms with Gasteiger partial charge in [0.15, 0.2) is 0 Å². The Morgan fingerprint density at radius 1 is 1.11 bits per heavy atom. The van der Waals surface area contributed by atoms with Crippen molar-refractivity contribution in [2.24, 2.45) is 0 Å². The summed E-state index contributed by atoms with van der Waals surface area (Å²) >= 11 is 6.81. The molecule has 3 heterocycles. The topological polar surface area (TPSA) is 62.6 Å². The Kier molecular flexibility index (Phi) is 5.28. The maximum Gasteiger partial charge on any atom is 0.294 e. The summed E-state index contributed by atoms with van der Waals surface area (Å²) in [6.45, 7) is 1.19. The Bertz CT molecular complexity index is 961. The molecule has 2 aromatic rings. The minimum Gasteiger partial charge on any atom is -0.341 e. The average molecular weight is 416 g/mol. The second-order valence-electron chi connectivity index (χ2n) is 6.64. The number of benzene rings is 1. The van der Waals surface area contributed by atoms with Crippen LogP contribution in [0.3, 0.4) is 0 Å². The van der Waals surface area contributed by atoms with Crippen molar-refractivity contribution in [3.8, 4) is 5.69 Å². The van der Waals surface area contributed by atoms with Crippen LogP contribution in [0.1, 0.15) is 18.5 Å². The first-order valence-corrected chi connectivity index (χ1v) is 10.2. The lowest BCUT2D eigenvalue weighted by molar-refractivity contribution is -0.135. The van der Waals surface area contributed by atoms with E-state index in [2.05, 4.69) is 0 Å². The fourth-order valence-electron chi connectivity index (χ4n) is 3.32. The minimum atomic E-state index is -0.425. The molecule has 2 aliphatic heterocycles. The maximum atomic E-state index is 12.7. The van der Waals surface area contributed by atoms with Gasteiger partial charge < -0.3 is 9.47 Å². The summed E-state index contributed by atoms with van der Waals surface area (Å²) in [5.74, 6) is -0.600. The first-order chi connectivity index (χ1) is 13.5. The predicted octanol–water partition coefficient (Wildman–Crippen LogP) is 3.79. The molecule has 0 spiro atoms. The van der Waals surface area contributed by atoms with Gasteiger partial charge in [0.1, 0.15) is 6.54 Å². The second kappa shape index (κ2) is 7.85. The molecule has 3 amide bonds. The first-order valence-electron chi connectivity index (χ1n) is 8.99. The molecule has 0 N–H and O–H groups in total. The van der Waals surface area contributed by atoms with Gasteiger partial charge in [0.05, 0.1) is 4.91 Å². The Labute approximate surface area is 171 Å². The molecule has 2 saturated heterocycles. The van der Waals surface area contributed by atoms with Crippen LogP contribution in [0.4, 0.5) is 4.79 Å². The molecule has 0 bridgehead atoms. The lowest BCUT2D eigenvalue weighted by Crippen LogP contribution is -2.40. The van der Waals surface area contributed by atoms with E-state index in [0.29, 0.717) is 23.0 Å². The number of hydrogen-bond acceptors (Lipinski definition) is 4. The van der Waals surface area contributed by atoms with E-state index in [-0.39, 0.29) is 12.5 Å². The molecule has 8 heteroatoms. The summed E-state index contributed by atoms with van der Waals surface area (Å²) in [6, 6.07) is 11.1. The van der Waals surface area contributed by atoms with Crippen molar-refractivity contribution in [2.75, 3.05) is 19.6 Å². The molecular weight excluding hydrogens is 398 g/mol. The molecule has 1 aromatic carbocycles. The number of thioether (sulfide) groups is 1. The van der Waals surface area contributed by atoms with E-state index in [1.165, 1.54) is 0 Å². The van der Waals surface area contributed by atoms with Crippen LogP contribution in [0.5, 0.6) is 0 Å². The average Bonchev–Trinajstić information content (AvgIpc) is 3.41. The summed E-state index contributed by atoms with van der Waals surface area (Å²) in [4.78, 5) is 40.4. The van der Waals surface area contributed by atoms with E-state index in [4.69, 9.17) is 11.6 Å². The summed E-state index contributed by atoms with van der Waals surface area (Å²) in [7, 11) is 0. The maximum absolute atomic E-state index is 12.7. The third kappa shape index (κ3) is 3.72. The van der Waals surface area contributed by atoms with Gasteiger partial charge in [0.2, 0.25) is 5.91 Å². The van der Waals surface area contributed by atoms with E-state index >= 15 is 0 Å². The highest BCUT2D eigenvalue weighted by atomic mass is 35.5. The van der Waals surface area contributed by atoms with Crippen LogP contribution in [0.25, 0.3) is 11.8 Å². The first kappa shape index (κ1) is 18.8. The summed E-state index contributed by atoms with van der Waals surface area (Å²) in [5.41, 5.74) is 1.66. The molecule has 0 aliphatic carbocycles. The number of aromatic nitrogens is 1. The molecule has 28 heavy (non-hydrogen) atoms. The number of hydrogen-bond donors (Lipinski definition) is 0. The fourth-order valence-corrected chi connectivity index (χ4v) is 4.27. The number of likely N-dealkylation sites (tertiary alicyclic amines) is 1. The van der Waals surface area contributed by atoms with Gasteiger partial charge in [-0.2, -0.15) is 0 Å². The molecule has 1 aromatic heterocycles. The number of carbonyl (C=O) groups is 3. The molecule has 0 atom stereocenters. The molecule has 6 nitrogen and oxygen atoms in total. The van der Waals surface area contributed by atoms with Gasteiger partial charge >= 0.3 is 0 Å². The van der Waals surface area contributed by atoms with E-state index in [9.17, 15) is 14.4 Å². The fraction of sp³-hybridized carbons (Fsp3) is 0.250. The van der Waals surface area contributed by atoms with Crippen LogP contribution in [0, 0.1) is 0 Å². The number of amides is 3. The Balaban J connectivity index is 1.54.